The van der Waals surface area contributed by atoms with Gasteiger partial charge < -0.3 is 19.2 Å². The molecular weight excluding hydrogens is 491 g/mol. The molecule has 1 aromatic carbocycles. The van der Waals surface area contributed by atoms with Crippen LogP contribution in [0.1, 0.15) is 16.1 Å². The number of fused-ring (bicyclic) bond motifs is 1. The number of imidazole rings is 2. The summed E-state index contributed by atoms with van der Waals surface area (Å²) >= 11 is 0. The Bertz CT molecular complexity index is 1250. The monoisotopic (exact) mass is 517 g/mol. The molecule has 2 atom stereocenters. The second-order valence-corrected chi connectivity index (χ2v) is 9.48. The molecule has 2 fully saturated rings. The van der Waals surface area contributed by atoms with Gasteiger partial charge in [-0.3, -0.25) is 19.8 Å². The third-order valence-corrected chi connectivity index (χ3v) is 6.72. The summed E-state index contributed by atoms with van der Waals surface area (Å²) in [6.07, 6.45) is 1.53. The van der Waals surface area contributed by atoms with E-state index < -0.39 is 6.36 Å². The van der Waals surface area contributed by atoms with E-state index in [1.807, 2.05) is 0 Å². The van der Waals surface area contributed by atoms with Gasteiger partial charge in [0.2, 0.25) is 11.9 Å². The van der Waals surface area contributed by atoms with Crippen LogP contribution in [0.3, 0.4) is 0 Å². The fourth-order valence-electron chi connectivity index (χ4n) is 5.07. The number of benzene rings is 1. The standard InChI is InChI=1S/C24H26F3N7O3/c1-32-12-20(30-14-32)22(36)34(8-15-3-2-4-16(7-15)37-24(25,26)27)11-19-17-9-33(10-18(17)19)13-21(35)31-23-28-5-6-29-23/h2-7,12,14,17-19H,8-11,13H2,1H3,(H2,28,29,31,35). The van der Waals surface area contributed by atoms with Crippen LogP contribution in [0.5, 0.6) is 5.75 Å². The van der Waals surface area contributed by atoms with Crippen LogP contribution in [0.4, 0.5) is 19.1 Å². The molecule has 37 heavy (non-hydrogen) atoms. The normalized spacial score (nSPS) is 20.9. The Labute approximate surface area is 210 Å². The van der Waals surface area contributed by atoms with Crippen molar-refractivity contribution < 1.29 is 27.5 Å². The van der Waals surface area contributed by atoms with Crippen LogP contribution in [0.2, 0.25) is 0 Å². The molecule has 2 unspecified atom stereocenters. The zero-order valence-electron chi connectivity index (χ0n) is 20.0. The predicted octanol–water partition coefficient (Wildman–Crippen LogP) is 2.50. The number of carbonyl (C=O) groups excluding carboxylic acids is 2. The Morgan fingerprint density at radius 3 is 2.68 bits per heavy atom. The molecule has 1 aliphatic heterocycles. The third kappa shape index (κ3) is 6.10. The molecule has 0 spiro atoms. The molecular formula is C24H26F3N7O3. The van der Waals surface area contributed by atoms with Crippen LogP contribution in [-0.2, 0) is 18.4 Å². The van der Waals surface area contributed by atoms with Crippen molar-refractivity contribution in [2.75, 3.05) is 31.5 Å². The van der Waals surface area contributed by atoms with Crippen molar-refractivity contribution in [3.63, 3.8) is 0 Å². The number of H-pyrrole nitrogens is 1. The number of alkyl halides is 3. The topological polar surface area (TPSA) is 108 Å². The molecule has 196 valence electrons. The molecule has 1 saturated heterocycles. The van der Waals surface area contributed by atoms with E-state index in [0.717, 1.165) is 13.1 Å². The molecule has 1 saturated carbocycles. The lowest BCUT2D eigenvalue weighted by Gasteiger charge is -2.25. The summed E-state index contributed by atoms with van der Waals surface area (Å²) in [5.74, 6) is 0.558. The number of ether oxygens (including phenoxy) is 1. The number of aryl methyl sites for hydroxylation is 1. The number of anilines is 1. The molecule has 0 radical (unpaired) electrons. The van der Waals surface area contributed by atoms with Gasteiger partial charge in [-0.15, -0.1) is 13.2 Å². The number of aromatic nitrogens is 4. The number of hydrogen-bond donors (Lipinski definition) is 2. The Kier molecular flexibility index (Phi) is 6.63. The fourth-order valence-corrected chi connectivity index (χ4v) is 5.07. The first kappa shape index (κ1) is 24.8. The van der Waals surface area contributed by atoms with E-state index in [-0.39, 0.29) is 42.3 Å². The van der Waals surface area contributed by atoms with Crippen molar-refractivity contribution in [2.24, 2.45) is 24.8 Å². The number of piperidine rings is 1. The summed E-state index contributed by atoms with van der Waals surface area (Å²) in [5.41, 5.74) is 0.792. The van der Waals surface area contributed by atoms with E-state index in [4.69, 9.17) is 0 Å². The van der Waals surface area contributed by atoms with Crippen LogP contribution < -0.4 is 10.1 Å². The number of amides is 2. The number of likely N-dealkylation sites (tertiary alicyclic amines) is 1. The fraction of sp³-hybridized carbons (Fsp3) is 0.417. The van der Waals surface area contributed by atoms with E-state index in [0.29, 0.717) is 29.9 Å². The first-order valence-corrected chi connectivity index (χ1v) is 11.8. The van der Waals surface area contributed by atoms with E-state index in [1.165, 1.54) is 24.5 Å². The number of aromatic amines is 1. The van der Waals surface area contributed by atoms with Gasteiger partial charge in [-0.2, -0.15) is 0 Å². The molecule has 1 aliphatic carbocycles. The van der Waals surface area contributed by atoms with E-state index >= 15 is 0 Å². The average Bonchev–Trinajstić information content (AvgIpc) is 3.31. The maximum absolute atomic E-state index is 13.3. The summed E-state index contributed by atoms with van der Waals surface area (Å²) in [4.78, 5) is 40.2. The SMILES string of the molecule is Cn1cnc(C(=O)N(Cc2cccc(OC(F)(F)F)c2)CC2C3CN(CC(=O)Nc4ncc[nH]4)CC32)c1. The lowest BCUT2D eigenvalue weighted by atomic mass is 10.1. The zero-order chi connectivity index (χ0) is 26.2. The van der Waals surface area contributed by atoms with Gasteiger partial charge in [0.05, 0.1) is 12.9 Å². The van der Waals surface area contributed by atoms with Crippen molar-refractivity contribution in [1.29, 1.82) is 0 Å². The van der Waals surface area contributed by atoms with E-state index in [9.17, 15) is 22.8 Å². The average molecular weight is 518 g/mol. The minimum atomic E-state index is -4.80. The Balaban J connectivity index is 1.22. The second kappa shape index (κ2) is 9.88. The number of nitrogens with zero attached hydrogens (tertiary/aromatic N) is 5. The first-order chi connectivity index (χ1) is 17.6. The molecule has 10 nitrogen and oxygen atoms in total. The van der Waals surface area contributed by atoms with Crippen LogP contribution in [0.25, 0.3) is 0 Å². The highest BCUT2D eigenvalue weighted by Crippen LogP contribution is 2.52. The number of rotatable bonds is 9. The minimum Gasteiger partial charge on any atom is -0.406 e. The van der Waals surface area contributed by atoms with Gasteiger partial charge in [0.1, 0.15) is 11.4 Å². The molecule has 5 rings (SSSR count). The van der Waals surface area contributed by atoms with E-state index in [2.05, 4.69) is 29.9 Å². The first-order valence-electron chi connectivity index (χ1n) is 11.8. The minimum absolute atomic E-state index is 0.121. The maximum Gasteiger partial charge on any atom is 0.573 e. The molecule has 13 heteroatoms. The smallest absolute Gasteiger partial charge is 0.406 e. The summed E-state index contributed by atoms with van der Waals surface area (Å²) in [5, 5.41) is 2.71. The Morgan fingerprint density at radius 1 is 1.24 bits per heavy atom. The van der Waals surface area contributed by atoms with Gasteiger partial charge >= 0.3 is 6.36 Å². The van der Waals surface area contributed by atoms with Gasteiger partial charge in [-0.05, 0) is 35.4 Å². The number of nitrogens with one attached hydrogen (secondary N) is 2. The molecule has 2 aromatic heterocycles. The van der Waals surface area contributed by atoms with Gasteiger partial charge in [0.25, 0.3) is 5.91 Å². The molecule has 2 aliphatic rings. The number of carbonyl (C=O) groups is 2. The van der Waals surface area contributed by atoms with Crippen molar-refractivity contribution in [3.05, 3.63) is 60.4 Å². The van der Waals surface area contributed by atoms with Crippen molar-refractivity contribution in [2.45, 2.75) is 12.9 Å². The van der Waals surface area contributed by atoms with Crippen LogP contribution >= 0.6 is 0 Å². The summed E-state index contributed by atoms with van der Waals surface area (Å²) in [6, 6.07) is 5.65. The third-order valence-electron chi connectivity index (χ3n) is 6.72. The second-order valence-electron chi connectivity index (χ2n) is 9.48. The Hall–Kier alpha value is -3.87. The highest BCUT2D eigenvalue weighted by atomic mass is 19.4. The van der Waals surface area contributed by atoms with Gasteiger partial charge in [0, 0.05) is 51.8 Å². The molecule has 3 aromatic rings. The molecule has 3 heterocycles. The molecule has 0 bridgehead atoms. The number of hydrogen-bond acceptors (Lipinski definition) is 6. The van der Waals surface area contributed by atoms with Crippen molar-refractivity contribution in [3.8, 4) is 5.75 Å². The Morgan fingerprint density at radius 2 is 2.03 bits per heavy atom. The quantitative estimate of drug-likeness (QED) is 0.452. The predicted molar refractivity (Wildman–Crippen MR) is 125 cm³/mol. The van der Waals surface area contributed by atoms with Crippen molar-refractivity contribution in [1.82, 2.24) is 29.3 Å². The maximum atomic E-state index is 13.3. The summed E-state index contributed by atoms with van der Waals surface area (Å²) in [6.45, 7) is 2.29. The molecule has 2 N–H and O–H groups in total. The van der Waals surface area contributed by atoms with Crippen LogP contribution in [0, 0.1) is 17.8 Å². The largest absolute Gasteiger partial charge is 0.573 e. The summed E-state index contributed by atoms with van der Waals surface area (Å²) in [7, 11) is 1.76. The lowest BCUT2D eigenvalue weighted by molar-refractivity contribution is -0.274. The highest BCUT2D eigenvalue weighted by Gasteiger charge is 2.56. The van der Waals surface area contributed by atoms with Gasteiger partial charge in [0.15, 0.2) is 0 Å². The van der Waals surface area contributed by atoms with Crippen LogP contribution in [-0.4, -0.2) is 73.7 Å². The summed E-state index contributed by atoms with van der Waals surface area (Å²) < 4.78 is 43.7. The highest BCUT2D eigenvalue weighted by molar-refractivity contribution is 5.92. The number of halogens is 3. The van der Waals surface area contributed by atoms with Gasteiger partial charge in [-0.1, -0.05) is 12.1 Å². The zero-order valence-corrected chi connectivity index (χ0v) is 20.0. The van der Waals surface area contributed by atoms with E-state index in [1.54, 1.807) is 41.2 Å². The van der Waals surface area contributed by atoms with Crippen molar-refractivity contribution >= 4 is 17.8 Å². The lowest BCUT2D eigenvalue weighted by Crippen LogP contribution is -2.37. The molecule has 2 amide bonds. The van der Waals surface area contributed by atoms with Crippen LogP contribution in [0.15, 0.2) is 49.2 Å². The van der Waals surface area contributed by atoms with Gasteiger partial charge in [-0.25, -0.2) is 9.97 Å².